The average molecular weight is 199 g/mol. The molecule has 1 aliphatic heterocycles. The van der Waals surface area contributed by atoms with E-state index in [1.54, 1.807) is 6.92 Å². The second-order valence-electron chi connectivity index (χ2n) is 3.08. The maximum atomic E-state index is 11.3. The van der Waals surface area contributed by atoms with E-state index in [1.165, 1.54) is 11.8 Å². The van der Waals surface area contributed by atoms with Crippen molar-refractivity contribution in [3.05, 3.63) is 0 Å². The fourth-order valence-electron chi connectivity index (χ4n) is 1.49. The van der Waals surface area contributed by atoms with Crippen LogP contribution in [0.25, 0.3) is 0 Å². The standard InChI is InChI=1S/C9H13NO4/c1-3-14-9(13)8-7(12)4-5-10(8)6(2)11/h8H,3-5H2,1-2H3. The van der Waals surface area contributed by atoms with Gasteiger partial charge in [-0.15, -0.1) is 0 Å². The lowest BCUT2D eigenvalue weighted by molar-refractivity contribution is -0.154. The van der Waals surface area contributed by atoms with Crippen LogP contribution < -0.4 is 0 Å². The van der Waals surface area contributed by atoms with E-state index >= 15 is 0 Å². The third-order valence-corrected chi connectivity index (χ3v) is 2.13. The number of carbonyl (C=O) groups excluding carboxylic acids is 3. The Labute approximate surface area is 82.0 Å². The van der Waals surface area contributed by atoms with Crippen LogP contribution in [-0.2, 0) is 19.1 Å². The topological polar surface area (TPSA) is 63.7 Å². The molecule has 1 aliphatic rings. The minimum Gasteiger partial charge on any atom is -0.464 e. The summed E-state index contributed by atoms with van der Waals surface area (Å²) in [6.07, 6.45) is 0.239. The normalized spacial score (nSPS) is 21.1. The zero-order valence-corrected chi connectivity index (χ0v) is 8.28. The van der Waals surface area contributed by atoms with Gasteiger partial charge in [0.15, 0.2) is 11.8 Å². The molecule has 1 saturated heterocycles. The number of hydrogen-bond donors (Lipinski definition) is 0. The van der Waals surface area contributed by atoms with Gasteiger partial charge >= 0.3 is 5.97 Å². The van der Waals surface area contributed by atoms with Gasteiger partial charge in [0, 0.05) is 19.9 Å². The molecule has 78 valence electrons. The fourth-order valence-corrected chi connectivity index (χ4v) is 1.49. The third-order valence-electron chi connectivity index (χ3n) is 2.13. The number of amides is 1. The van der Waals surface area contributed by atoms with Gasteiger partial charge in [0.2, 0.25) is 5.91 Å². The molecule has 0 spiro atoms. The van der Waals surface area contributed by atoms with Crippen molar-refractivity contribution >= 4 is 17.7 Å². The summed E-state index contributed by atoms with van der Waals surface area (Å²) in [7, 11) is 0. The molecule has 0 aromatic carbocycles. The second-order valence-corrected chi connectivity index (χ2v) is 3.08. The number of nitrogens with zero attached hydrogens (tertiary/aromatic N) is 1. The quantitative estimate of drug-likeness (QED) is 0.454. The van der Waals surface area contributed by atoms with E-state index in [0.29, 0.717) is 6.54 Å². The zero-order valence-electron chi connectivity index (χ0n) is 8.28. The number of rotatable bonds is 2. The molecule has 0 aromatic heterocycles. The number of likely N-dealkylation sites (tertiary alicyclic amines) is 1. The van der Waals surface area contributed by atoms with Gasteiger partial charge in [0.25, 0.3) is 0 Å². The molecule has 1 amide bonds. The molecule has 1 heterocycles. The Morgan fingerprint density at radius 2 is 2.21 bits per heavy atom. The zero-order chi connectivity index (χ0) is 10.7. The molecule has 5 nitrogen and oxygen atoms in total. The van der Waals surface area contributed by atoms with E-state index in [1.807, 2.05) is 0 Å². The van der Waals surface area contributed by atoms with E-state index in [-0.39, 0.29) is 24.7 Å². The van der Waals surface area contributed by atoms with Crippen LogP contribution in [0.4, 0.5) is 0 Å². The van der Waals surface area contributed by atoms with E-state index in [4.69, 9.17) is 4.74 Å². The monoisotopic (exact) mass is 199 g/mol. The number of carbonyl (C=O) groups is 3. The fraction of sp³-hybridized carbons (Fsp3) is 0.667. The van der Waals surface area contributed by atoms with Crippen molar-refractivity contribution in [2.24, 2.45) is 0 Å². The molecule has 0 N–H and O–H groups in total. The Morgan fingerprint density at radius 3 is 2.71 bits per heavy atom. The van der Waals surface area contributed by atoms with E-state index in [9.17, 15) is 14.4 Å². The lowest BCUT2D eigenvalue weighted by Gasteiger charge is -2.19. The number of hydrogen-bond acceptors (Lipinski definition) is 4. The first-order valence-electron chi connectivity index (χ1n) is 4.54. The molecular formula is C9H13NO4. The minimum absolute atomic E-state index is 0.217. The van der Waals surface area contributed by atoms with Gasteiger partial charge < -0.3 is 9.64 Å². The third kappa shape index (κ3) is 1.92. The molecule has 0 bridgehead atoms. The lowest BCUT2D eigenvalue weighted by Crippen LogP contribution is -2.43. The van der Waals surface area contributed by atoms with Crippen molar-refractivity contribution in [1.29, 1.82) is 0 Å². The Kier molecular flexibility index (Phi) is 3.22. The summed E-state index contributed by atoms with van der Waals surface area (Å²) < 4.78 is 4.72. The van der Waals surface area contributed by atoms with Crippen LogP contribution in [0.15, 0.2) is 0 Å². The maximum Gasteiger partial charge on any atom is 0.336 e. The van der Waals surface area contributed by atoms with Gasteiger partial charge in [-0.05, 0) is 6.92 Å². The van der Waals surface area contributed by atoms with Crippen molar-refractivity contribution in [2.45, 2.75) is 26.3 Å². The first-order valence-corrected chi connectivity index (χ1v) is 4.54. The van der Waals surface area contributed by atoms with Crippen molar-refractivity contribution in [3.8, 4) is 0 Å². The van der Waals surface area contributed by atoms with E-state index in [2.05, 4.69) is 0 Å². The molecule has 1 unspecified atom stereocenters. The molecule has 1 fully saturated rings. The second kappa shape index (κ2) is 4.21. The summed E-state index contributed by atoms with van der Waals surface area (Å²) in [5.74, 6) is -1.13. The summed E-state index contributed by atoms with van der Waals surface area (Å²) >= 11 is 0. The number of Topliss-reactive ketones (excluding diaryl/α,β-unsaturated/α-hetero) is 1. The van der Waals surface area contributed by atoms with Crippen LogP contribution in [-0.4, -0.2) is 41.8 Å². The van der Waals surface area contributed by atoms with Crippen LogP contribution in [0, 0.1) is 0 Å². The molecule has 1 atom stereocenters. The maximum absolute atomic E-state index is 11.3. The molecule has 1 rings (SSSR count). The van der Waals surface area contributed by atoms with Gasteiger partial charge in [0.05, 0.1) is 6.61 Å². The minimum atomic E-state index is -1.01. The Bertz CT molecular complexity index is 274. The highest BCUT2D eigenvalue weighted by Gasteiger charge is 2.40. The predicted molar refractivity (Wildman–Crippen MR) is 47.4 cm³/mol. The van der Waals surface area contributed by atoms with Gasteiger partial charge in [-0.25, -0.2) is 4.79 Å². The van der Waals surface area contributed by atoms with Crippen molar-refractivity contribution in [2.75, 3.05) is 13.2 Å². The van der Waals surface area contributed by atoms with Crippen LogP contribution in [0.5, 0.6) is 0 Å². The highest BCUT2D eigenvalue weighted by molar-refractivity contribution is 6.07. The van der Waals surface area contributed by atoms with Gasteiger partial charge in [-0.1, -0.05) is 0 Å². The first kappa shape index (κ1) is 10.7. The molecular weight excluding hydrogens is 186 g/mol. The Balaban J connectivity index is 2.76. The molecule has 0 aromatic rings. The van der Waals surface area contributed by atoms with E-state index < -0.39 is 12.0 Å². The van der Waals surface area contributed by atoms with Crippen LogP contribution in [0.1, 0.15) is 20.3 Å². The highest BCUT2D eigenvalue weighted by atomic mass is 16.5. The van der Waals surface area contributed by atoms with Crippen LogP contribution >= 0.6 is 0 Å². The largest absolute Gasteiger partial charge is 0.464 e. The Morgan fingerprint density at radius 1 is 1.57 bits per heavy atom. The van der Waals surface area contributed by atoms with Gasteiger partial charge in [-0.2, -0.15) is 0 Å². The van der Waals surface area contributed by atoms with Crippen LogP contribution in [0.3, 0.4) is 0 Å². The lowest BCUT2D eigenvalue weighted by atomic mass is 10.2. The first-order chi connectivity index (χ1) is 6.57. The van der Waals surface area contributed by atoms with Crippen molar-refractivity contribution in [1.82, 2.24) is 4.90 Å². The van der Waals surface area contributed by atoms with Gasteiger partial charge in [-0.3, -0.25) is 9.59 Å². The Hall–Kier alpha value is -1.39. The molecule has 0 radical (unpaired) electrons. The predicted octanol–water partition coefficient (Wildman–Crippen LogP) is -0.261. The molecule has 0 saturated carbocycles. The molecule has 14 heavy (non-hydrogen) atoms. The van der Waals surface area contributed by atoms with Gasteiger partial charge in [0.1, 0.15) is 0 Å². The van der Waals surface area contributed by atoms with Crippen LogP contribution in [0.2, 0.25) is 0 Å². The number of ether oxygens (including phenoxy) is 1. The summed E-state index contributed by atoms with van der Waals surface area (Å²) in [4.78, 5) is 35.0. The van der Waals surface area contributed by atoms with E-state index in [0.717, 1.165) is 0 Å². The molecule has 0 aliphatic carbocycles. The van der Waals surface area contributed by atoms with Crippen molar-refractivity contribution < 1.29 is 19.1 Å². The molecule has 5 heteroatoms. The number of esters is 1. The number of ketones is 1. The summed E-state index contributed by atoms with van der Waals surface area (Å²) in [5.41, 5.74) is 0. The summed E-state index contributed by atoms with van der Waals surface area (Å²) in [6, 6.07) is -1.01. The average Bonchev–Trinajstić information content (AvgIpc) is 2.47. The van der Waals surface area contributed by atoms with Crippen molar-refractivity contribution in [3.63, 3.8) is 0 Å². The SMILES string of the molecule is CCOC(=O)C1C(=O)CCN1C(C)=O. The highest BCUT2D eigenvalue weighted by Crippen LogP contribution is 2.15. The summed E-state index contributed by atoms with van der Waals surface area (Å²) in [6.45, 7) is 3.53. The summed E-state index contributed by atoms with van der Waals surface area (Å²) in [5, 5.41) is 0. The smallest absolute Gasteiger partial charge is 0.336 e.